The Bertz CT molecular complexity index is 485. The Kier molecular flexibility index (Phi) is 4.45. The molecule has 116 valence electrons. The molecule has 0 bridgehead atoms. The third-order valence-electron chi connectivity index (χ3n) is 5.05. The minimum atomic E-state index is -0.147. The van der Waals surface area contributed by atoms with Crippen molar-refractivity contribution in [2.45, 2.75) is 38.3 Å². The first-order valence-corrected chi connectivity index (χ1v) is 8.14. The summed E-state index contributed by atoms with van der Waals surface area (Å²) in [5, 5.41) is 3.23. The van der Waals surface area contributed by atoms with Crippen LogP contribution in [0.15, 0.2) is 18.2 Å². The van der Waals surface area contributed by atoms with Crippen LogP contribution in [0.5, 0.6) is 0 Å². The largest absolute Gasteiger partial charge is 0.370 e. The van der Waals surface area contributed by atoms with Crippen molar-refractivity contribution in [3.05, 3.63) is 29.6 Å². The molecule has 2 aliphatic rings. The molecule has 1 N–H and O–H groups in total. The van der Waals surface area contributed by atoms with E-state index in [0.717, 1.165) is 18.7 Å². The molecule has 2 fully saturated rings. The van der Waals surface area contributed by atoms with Crippen molar-refractivity contribution in [1.29, 1.82) is 0 Å². The van der Waals surface area contributed by atoms with Crippen molar-refractivity contribution in [1.82, 2.24) is 10.2 Å². The zero-order chi connectivity index (χ0) is 14.8. The monoisotopic (exact) mass is 291 g/mol. The van der Waals surface area contributed by atoms with E-state index < -0.39 is 0 Å². The lowest BCUT2D eigenvalue weighted by Gasteiger charge is -2.27. The van der Waals surface area contributed by atoms with Crippen LogP contribution in [0, 0.1) is 5.82 Å². The molecule has 0 aromatic heterocycles. The molecular weight excluding hydrogens is 265 g/mol. The normalized spacial score (nSPS) is 24.7. The van der Waals surface area contributed by atoms with Gasteiger partial charge in [-0.1, -0.05) is 0 Å². The first-order valence-electron chi connectivity index (χ1n) is 8.14. The zero-order valence-corrected chi connectivity index (χ0v) is 13.1. The average Bonchev–Trinajstić information content (AvgIpc) is 3.16. The summed E-state index contributed by atoms with van der Waals surface area (Å²) < 4.78 is 13.6. The van der Waals surface area contributed by atoms with Crippen molar-refractivity contribution in [3.63, 3.8) is 0 Å². The Morgan fingerprint density at radius 1 is 1.24 bits per heavy atom. The average molecular weight is 291 g/mol. The maximum atomic E-state index is 13.6. The van der Waals surface area contributed by atoms with E-state index in [1.165, 1.54) is 38.0 Å². The first-order chi connectivity index (χ1) is 10.2. The zero-order valence-electron chi connectivity index (χ0n) is 13.1. The molecule has 0 aliphatic carbocycles. The van der Waals surface area contributed by atoms with E-state index in [-0.39, 0.29) is 11.9 Å². The molecule has 2 aliphatic heterocycles. The van der Waals surface area contributed by atoms with Crippen LogP contribution in [0.1, 0.15) is 37.8 Å². The number of hydrogen-bond acceptors (Lipinski definition) is 3. The van der Waals surface area contributed by atoms with Crippen LogP contribution < -0.4 is 10.2 Å². The number of nitrogens with one attached hydrogen (secondary N) is 1. The van der Waals surface area contributed by atoms with Crippen molar-refractivity contribution in [3.8, 4) is 0 Å². The second-order valence-corrected chi connectivity index (χ2v) is 6.35. The van der Waals surface area contributed by atoms with Crippen molar-refractivity contribution < 1.29 is 4.39 Å². The Morgan fingerprint density at radius 2 is 2.00 bits per heavy atom. The third kappa shape index (κ3) is 3.06. The van der Waals surface area contributed by atoms with Crippen LogP contribution in [0.2, 0.25) is 0 Å². The van der Waals surface area contributed by atoms with Crippen LogP contribution >= 0.6 is 0 Å². The van der Waals surface area contributed by atoms with E-state index in [1.807, 2.05) is 13.1 Å². The molecule has 0 amide bonds. The van der Waals surface area contributed by atoms with Crippen LogP contribution in [0.25, 0.3) is 0 Å². The van der Waals surface area contributed by atoms with E-state index in [0.29, 0.717) is 6.04 Å². The van der Waals surface area contributed by atoms with Crippen LogP contribution in [-0.4, -0.2) is 44.2 Å². The fourth-order valence-corrected chi connectivity index (χ4v) is 3.68. The Morgan fingerprint density at radius 3 is 2.71 bits per heavy atom. The molecule has 2 atom stereocenters. The molecule has 2 saturated heterocycles. The molecule has 21 heavy (non-hydrogen) atoms. The van der Waals surface area contributed by atoms with Gasteiger partial charge in [-0.25, -0.2) is 4.39 Å². The summed E-state index contributed by atoms with van der Waals surface area (Å²) in [4.78, 5) is 5.07. The summed E-state index contributed by atoms with van der Waals surface area (Å²) in [5.41, 5.74) is 2.26. The van der Waals surface area contributed by atoms with Gasteiger partial charge in [0, 0.05) is 30.9 Å². The number of likely N-dealkylation sites (tertiary alicyclic amines) is 1. The fourth-order valence-electron chi connectivity index (χ4n) is 3.68. The van der Waals surface area contributed by atoms with E-state index in [4.69, 9.17) is 0 Å². The summed E-state index contributed by atoms with van der Waals surface area (Å²) >= 11 is 0. The van der Waals surface area contributed by atoms with Crippen molar-refractivity contribution >= 4 is 5.69 Å². The molecule has 2 heterocycles. The lowest BCUT2D eigenvalue weighted by molar-refractivity contribution is 0.260. The molecule has 1 aromatic rings. The van der Waals surface area contributed by atoms with Gasteiger partial charge in [-0.3, -0.25) is 4.90 Å². The Labute approximate surface area is 127 Å². The molecule has 3 rings (SSSR count). The predicted molar refractivity (Wildman–Crippen MR) is 85.3 cm³/mol. The van der Waals surface area contributed by atoms with E-state index in [2.05, 4.69) is 22.0 Å². The molecule has 3 nitrogen and oxygen atoms in total. The minimum absolute atomic E-state index is 0.147. The summed E-state index contributed by atoms with van der Waals surface area (Å²) in [5.74, 6) is -0.147. The summed E-state index contributed by atoms with van der Waals surface area (Å²) in [6.45, 7) is 6.75. The van der Waals surface area contributed by atoms with Gasteiger partial charge >= 0.3 is 0 Å². The highest BCUT2D eigenvalue weighted by atomic mass is 19.1. The van der Waals surface area contributed by atoms with Gasteiger partial charge in [-0.15, -0.1) is 0 Å². The quantitative estimate of drug-likeness (QED) is 0.920. The number of benzene rings is 1. The molecule has 1 aromatic carbocycles. The number of nitrogens with zero attached hydrogens (tertiary/aromatic N) is 2. The van der Waals surface area contributed by atoms with Crippen molar-refractivity contribution in [2.24, 2.45) is 0 Å². The van der Waals surface area contributed by atoms with Gasteiger partial charge in [0.05, 0.1) is 0 Å². The summed E-state index contributed by atoms with van der Waals surface area (Å²) in [6.07, 6.45) is 3.91. The van der Waals surface area contributed by atoms with E-state index >= 15 is 0 Å². The highest BCUT2D eigenvalue weighted by Crippen LogP contribution is 2.31. The van der Waals surface area contributed by atoms with Gasteiger partial charge in [-0.2, -0.15) is 0 Å². The van der Waals surface area contributed by atoms with Gasteiger partial charge in [0.1, 0.15) is 5.82 Å². The lowest BCUT2D eigenvalue weighted by atomic mass is 10.1. The second kappa shape index (κ2) is 6.32. The molecular formula is C17H26FN3. The van der Waals surface area contributed by atoms with Crippen LogP contribution in [0.4, 0.5) is 10.1 Å². The fraction of sp³-hybridized carbons (Fsp3) is 0.647. The number of anilines is 1. The SMILES string of the molecule is CNC(C)c1cc(F)ccc1N1CCC(N2CCCC2)C1. The standard InChI is InChI=1S/C17H26FN3/c1-13(19-2)16-11-14(18)5-6-17(16)21-10-7-15(12-21)20-8-3-4-9-20/h5-6,11,13,15,19H,3-4,7-10,12H2,1-2H3. The topological polar surface area (TPSA) is 18.5 Å². The number of rotatable bonds is 4. The van der Waals surface area contributed by atoms with Crippen LogP contribution in [0.3, 0.4) is 0 Å². The maximum Gasteiger partial charge on any atom is 0.123 e. The molecule has 0 saturated carbocycles. The van der Waals surface area contributed by atoms with Crippen LogP contribution in [-0.2, 0) is 0 Å². The van der Waals surface area contributed by atoms with Gasteiger partial charge in [-0.05, 0) is 70.1 Å². The second-order valence-electron chi connectivity index (χ2n) is 6.35. The molecule has 4 heteroatoms. The van der Waals surface area contributed by atoms with E-state index in [1.54, 1.807) is 12.1 Å². The smallest absolute Gasteiger partial charge is 0.123 e. The summed E-state index contributed by atoms with van der Waals surface area (Å²) in [6, 6.07) is 6.06. The molecule has 2 unspecified atom stereocenters. The molecule has 0 radical (unpaired) electrons. The lowest BCUT2D eigenvalue weighted by Crippen LogP contribution is -2.35. The van der Waals surface area contributed by atoms with Gasteiger partial charge in [0.2, 0.25) is 0 Å². The number of halogens is 1. The summed E-state index contributed by atoms with van der Waals surface area (Å²) in [7, 11) is 1.93. The Hall–Kier alpha value is -1.13. The van der Waals surface area contributed by atoms with Crippen molar-refractivity contribution in [2.75, 3.05) is 38.1 Å². The van der Waals surface area contributed by atoms with Gasteiger partial charge < -0.3 is 10.2 Å². The Balaban J connectivity index is 1.77. The highest BCUT2D eigenvalue weighted by molar-refractivity contribution is 5.56. The highest BCUT2D eigenvalue weighted by Gasteiger charge is 2.30. The first kappa shape index (κ1) is 14.8. The van der Waals surface area contributed by atoms with E-state index in [9.17, 15) is 4.39 Å². The predicted octanol–water partition coefficient (Wildman–Crippen LogP) is 2.78. The molecule has 0 spiro atoms. The number of hydrogen-bond donors (Lipinski definition) is 1. The maximum absolute atomic E-state index is 13.6. The van der Waals surface area contributed by atoms with Gasteiger partial charge in [0.25, 0.3) is 0 Å². The third-order valence-corrected chi connectivity index (χ3v) is 5.05. The van der Waals surface area contributed by atoms with Gasteiger partial charge in [0.15, 0.2) is 0 Å². The minimum Gasteiger partial charge on any atom is -0.370 e.